The minimum Gasteiger partial charge on any atom is -0.339 e. The van der Waals surface area contributed by atoms with Gasteiger partial charge in [0.2, 0.25) is 5.89 Å². The maximum Gasteiger partial charge on any atom is 0.234 e. The van der Waals surface area contributed by atoms with Crippen LogP contribution in [-0.2, 0) is 11.8 Å². The molecule has 0 aromatic carbocycles. The lowest BCUT2D eigenvalue weighted by Crippen LogP contribution is -2.35. The molecule has 0 amide bonds. The Morgan fingerprint density at radius 3 is 2.48 bits per heavy atom. The number of rotatable bonds is 4. The minimum atomic E-state index is -0.111. The highest BCUT2D eigenvalue weighted by molar-refractivity contribution is 5.16. The minimum absolute atomic E-state index is 0.111. The highest BCUT2D eigenvalue weighted by atomic mass is 16.5. The van der Waals surface area contributed by atoms with Crippen molar-refractivity contribution in [3.05, 3.63) is 41.8 Å². The van der Waals surface area contributed by atoms with E-state index < -0.39 is 0 Å². The van der Waals surface area contributed by atoms with Gasteiger partial charge in [-0.05, 0) is 30.5 Å². The van der Waals surface area contributed by atoms with Crippen LogP contribution in [0.25, 0.3) is 0 Å². The summed E-state index contributed by atoms with van der Waals surface area (Å²) in [5.74, 6) is 1.46. The third kappa shape index (κ3) is 3.13. The molecule has 5 nitrogen and oxygen atoms in total. The zero-order chi connectivity index (χ0) is 14.5. The number of nitrogens with two attached hydrogens (primary N) is 1. The molecule has 0 atom stereocenters. The fraction of sp³-hybridized carbons (Fsp3) is 0.562. The van der Waals surface area contributed by atoms with Gasteiger partial charge in [0.1, 0.15) is 0 Å². The van der Waals surface area contributed by atoms with Gasteiger partial charge in [0, 0.05) is 25.4 Å². The van der Waals surface area contributed by atoms with Gasteiger partial charge in [-0.2, -0.15) is 4.98 Å². The molecule has 2 aromatic heterocycles. The van der Waals surface area contributed by atoms with Crippen LogP contribution in [-0.4, -0.2) is 21.7 Å². The van der Waals surface area contributed by atoms with E-state index in [0.717, 1.165) is 30.1 Å². The van der Waals surface area contributed by atoms with Crippen LogP contribution in [0.3, 0.4) is 0 Å². The summed E-state index contributed by atoms with van der Waals surface area (Å²) in [6.07, 6.45) is 11.3. The monoisotopic (exact) mass is 286 g/mol. The van der Waals surface area contributed by atoms with Gasteiger partial charge in [-0.15, -0.1) is 0 Å². The van der Waals surface area contributed by atoms with Crippen molar-refractivity contribution in [2.24, 2.45) is 5.73 Å². The van der Waals surface area contributed by atoms with E-state index >= 15 is 0 Å². The smallest absolute Gasteiger partial charge is 0.234 e. The lowest BCUT2D eigenvalue weighted by Gasteiger charge is -2.26. The molecule has 2 heterocycles. The van der Waals surface area contributed by atoms with Crippen LogP contribution in [0.4, 0.5) is 0 Å². The summed E-state index contributed by atoms with van der Waals surface area (Å²) >= 11 is 0. The molecule has 112 valence electrons. The zero-order valence-electron chi connectivity index (χ0n) is 12.3. The topological polar surface area (TPSA) is 77.8 Å². The van der Waals surface area contributed by atoms with Crippen LogP contribution in [0.5, 0.6) is 0 Å². The molecule has 5 heteroatoms. The van der Waals surface area contributed by atoms with Crippen molar-refractivity contribution in [3.8, 4) is 0 Å². The molecular weight excluding hydrogens is 264 g/mol. The number of hydrogen-bond acceptors (Lipinski definition) is 5. The van der Waals surface area contributed by atoms with Gasteiger partial charge in [0.05, 0.1) is 5.41 Å². The fourth-order valence-corrected chi connectivity index (χ4v) is 3.14. The third-order valence-electron chi connectivity index (χ3n) is 4.48. The van der Waals surface area contributed by atoms with Gasteiger partial charge in [0.25, 0.3) is 0 Å². The van der Waals surface area contributed by atoms with Gasteiger partial charge in [-0.3, -0.25) is 4.98 Å². The Labute approximate surface area is 125 Å². The van der Waals surface area contributed by atoms with E-state index in [9.17, 15) is 0 Å². The summed E-state index contributed by atoms with van der Waals surface area (Å²) in [6, 6.07) is 3.95. The first-order valence-corrected chi connectivity index (χ1v) is 7.74. The van der Waals surface area contributed by atoms with E-state index in [1.165, 1.54) is 25.7 Å². The van der Waals surface area contributed by atoms with E-state index in [4.69, 9.17) is 10.3 Å². The molecule has 0 spiro atoms. The van der Waals surface area contributed by atoms with Crippen LogP contribution in [0, 0.1) is 0 Å². The van der Waals surface area contributed by atoms with E-state index in [0.29, 0.717) is 13.0 Å². The van der Waals surface area contributed by atoms with E-state index in [-0.39, 0.29) is 5.41 Å². The summed E-state index contributed by atoms with van der Waals surface area (Å²) in [5.41, 5.74) is 7.09. The predicted octanol–water partition coefficient (Wildman–Crippen LogP) is 2.61. The maximum atomic E-state index is 6.07. The summed E-state index contributed by atoms with van der Waals surface area (Å²) < 4.78 is 5.57. The summed E-state index contributed by atoms with van der Waals surface area (Å²) in [5, 5.41) is 4.15. The summed E-state index contributed by atoms with van der Waals surface area (Å²) in [7, 11) is 0. The molecule has 2 aromatic rings. The third-order valence-corrected chi connectivity index (χ3v) is 4.48. The van der Waals surface area contributed by atoms with Gasteiger partial charge < -0.3 is 10.3 Å². The second-order valence-corrected chi connectivity index (χ2v) is 5.95. The molecule has 0 bridgehead atoms. The lowest BCUT2D eigenvalue weighted by molar-refractivity contribution is 0.256. The molecule has 0 saturated heterocycles. The Balaban J connectivity index is 1.79. The van der Waals surface area contributed by atoms with Crippen molar-refractivity contribution < 1.29 is 4.52 Å². The van der Waals surface area contributed by atoms with Gasteiger partial charge >= 0.3 is 0 Å². The molecular formula is C16H22N4O. The average molecular weight is 286 g/mol. The van der Waals surface area contributed by atoms with Crippen LogP contribution >= 0.6 is 0 Å². The SMILES string of the molecule is NCC1(c2nc(Cc3ccncc3)no2)CCCCCC1. The lowest BCUT2D eigenvalue weighted by atomic mass is 9.80. The molecule has 2 N–H and O–H groups in total. The first-order valence-electron chi connectivity index (χ1n) is 7.74. The number of hydrogen-bond donors (Lipinski definition) is 1. The Morgan fingerprint density at radius 1 is 1.10 bits per heavy atom. The Kier molecular flexibility index (Phi) is 4.29. The van der Waals surface area contributed by atoms with Crippen molar-refractivity contribution in [2.75, 3.05) is 6.54 Å². The number of pyridine rings is 1. The van der Waals surface area contributed by atoms with Gasteiger partial charge in [0.15, 0.2) is 5.82 Å². The van der Waals surface area contributed by atoms with E-state index in [1.807, 2.05) is 12.1 Å². The van der Waals surface area contributed by atoms with Gasteiger partial charge in [-0.25, -0.2) is 0 Å². The van der Waals surface area contributed by atoms with Crippen LogP contribution < -0.4 is 5.73 Å². The molecule has 0 aliphatic heterocycles. The Hall–Kier alpha value is -1.75. The normalized spacial score (nSPS) is 18.3. The highest BCUT2D eigenvalue weighted by Crippen LogP contribution is 2.36. The van der Waals surface area contributed by atoms with Crippen LogP contribution in [0.2, 0.25) is 0 Å². The number of aromatic nitrogens is 3. The predicted molar refractivity (Wildman–Crippen MR) is 79.8 cm³/mol. The maximum absolute atomic E-state index is 6.07. The molecule has 1 aliphatic rings. The molecule has 1 aliphatic carbocycles. The summed E-state index contributed by atoms with van der Waals surface area (Å²) in [4.78, 5) is 8.66. The van der Waals surface area contributed by atoms with Crippen molar-refractivity contribution in [2.45, 2.75) is 50.4 Å². The largest absolute Gasteiger partial charge is 0.339 e. The van der Waals surface area contributed by atoms with E-state index in [1.54, 1.807) is 12.4 Å². The standard InChI is InChI=1S/C16H22N4O/c17-12-16(7-3-1-2-4-8-16)15-19-14(20-21-15)11-13-5-9-18-10-6-13/h5-6,9-10H,1-4,7-8,11-12,17H2. The first kappa shape index (κ1) is 14.2. The first-order chi connectivity index (χ1) is 10.3. The van der Waals surface area contributed by atoms with Crippen molar-refractivity contribution in [1.82, 2.24) is 15.1 Å². The van der Waals surface area contributed by atoms with Crippen molar-refractivity contribution in [3.63, 3.8) is 0 Å². The fourth-order valence-electron chi connectivity index (χ4n) is 3.14. The van der Waals surface area contributed by atoms with Crippen molar-refractivity contribution >= 4 is 0 Å². The molecule has 3 rings (SSSR count). The molecule has 1 saturated carbocycles. The second kappa shape index (κ2) is 6.35. The average Bonchev–Trinajstić information content (AvgIpc) is 2.85. The molecule has 0 radical (unpaired) electrons. The Morgan fingerprint density at radius 2 is 1.81 bits per heavy atom. The zero-order valence-corrected chi connectivity index (χ0v) is 12.3. The van der Waals surface area contributed by atoms with Gasteiger partial charge in [-0.1, -0.05) is 30.8 Å². The molecule has 0 unspecified atom stereocenters. The quantitative estimate of drug-likeness (QED) is 0.874. The van der Waals surface area contributed by atoms with E-state index in [2.05, 4.69) is 15.1 Å². The van der Waals surface area contributed by atoms with Crippen molar-refractivity contribution in [1.29, 1.82) is 0 Å². The summed E-state index contributed by atoms with van der Waals surface area (Å²) in [6.45, 7) is 0.587. The molecule has 1 fully saturated rings. The molecule has 21 heavy (non-hydrogen) atoms. The Bertz CT molecular complexity index is 559. The van der Waals surface area contributed by atoms with Crippen LogP contribution in [0.1, 0.15) is 55.8 Å². The number of nitrogens with zero attached hydrogens (tertiary/aromatic N) is 3. The van der Waals surface area contributed by atoms with Crippen LogP contribution in [0.15, 0.2) is 29.0 Å². The second-order valence-electron chi connectivity index (χ2n) is 5.95. The highest BCUT2D eigenvalue weighted by Gasteiger charge is 2.37.